The second kappa shape index (κ2) is 5.54. The van der Waals surface area contributed by atoms with Crippen molar-refractivity contribution in [3.63, 3.8) is 0 Å². The van der Waals surface area contributed by atoms with Gasteiger partial charge in [-0.2, -0.15) is 0 Å². The maximum atomic E-state index is 9.28. The van der Waals surface area contributed by atoms with Crippen LogP contribution in [0.3, 0.4) is 0 Å². The van der Waals surface area contributed by atoms with Crippen molar-refractivity contribution in [1.29, 1.82) is 0 Å². The van der Waals surface area contributed by atoms with E-state index in [0.29, 0.717) is 5.46 Å². The lowest BCUT2D eigenvalue weighted by molar-refractivity contribution is 0.426. The van der Waals surface area contributed by atoms with Crippen LogP contribution in [0.5, 0.6) is 0 Å². The van der Waals surface area contributed by atoms with Gasteiger partial charge in [-0.25, -0.2) is 0 Å². The molecule has 0 unspecified atom stereocenters. The van der Waals surface area contributed by atoms with Crippen molar-refractivity contribution in [2.75, 3.05) is 0 Å². The van der Waals surface area contributed by atoms with Gasteiger partial charge in [0.1, 0.15) is 0 Å². The predicted octanol–water partition coefficient (Wildman–Crippen LogP) is 3.34. The Labute approximate surface area is 134 Å². The van der Waals surface area contributed by atoms with Crippen LogP contribution in [-0.4, -0.2) is 17.2 Å². The molecule has 0 heterocycles. The van der Waals surface area contributed by atoms with Crippen molar-refractivity contribution in [3.8, 4) is 11.1 Å². The molecule has 0 atom stereocenters. The van der Waals surface area contributed by atoms with E-state index >= 15 is 0 Å². The summed E-state index contributed by atoms with van der Waals surface area (Å²) in [6.45, 7) is 0. The van der Waals surface area contributed by atoms with Gasteiger partial charge in [0.15, 0.2) is 0 Å². The van der Waals surface area contributed by atoms with E-state index in [2.05, 4.69) is 30.3 Å². The average molecular weight is 298 g/mol. The van der Waals surface area contributed by atoms with E-state index < -0.39 is 7.12 Å². The van der Waals surface area contributed by atoms with Crippen LogP contribution in [0.25, 0.3) is 32.7 Å². The summed E-state index contributed by atoms with van der Waals surface area (Å²) < 4.78 is 0. The molecule has 0 amide bonds. The minimum absolute atomic E-state index is 0.498. The molecule has 0 aliphatic heterocycles. The molecule has 4 aromatic rings. The summed E-state index contributed by atoms with van der Waals surface area (Å²) in [6, 6.07) is 26.3. The molecule has 2 N–H and O–H groups in total. The fourth-order valence-electron chi connectivity index (χ4n) is 3.15. The maximum Gasteiger partial charge on any atom is 0.488 e. The van der Waals surface area contributed by atoms with Crippen molar-refractivity contribution in [2.45, 2.75) is 0 Å². The predicted molar refractivity (Wildman–Crippen MR) is 96.7 cm³/mol. The number of hydrogen-bond donors (Lipinski definition) is 2. The highest BCUT2D eigenvalue weighted by atomic mass is 16.4. The number of fused-ring (bicyclic) bond motifs is 2. The summed E-state index contributed by atoms with van der Waals surface area (Å²) in [5.74, 6) is 0. The quantitative estimate of drug-likeness (QED) is 0.440. The van der Waals surface area contributed by atoms with E-state index in [1.165, 1.54) is 27.1 Å². The molecule has 0 saturated heterocycles. The molecule has 0 aliphatic rings. The molecule has 0 aromatic heterocycles. The van der Waals surface area contributed by atoms with Gasteiger partial charge in [0.2, 0.25) is 0 Å². The van der Waals surface area contributed by atoms with E-state index in [4.69, 9.17) is 0 Å². The third-order valence-electron chi connectivity index (χ3n) is 4.27. The third-order valence-corrected chi connectivity index (χ3v) is 4.27. The Morgan fingerprint density at radius 3 is 1.65 bits per heavy atom. The lowest BCUT2D eigenvalue weighted by Crippen LogP contribution is -2.29. The molecule has 0 aliphatic carbocycles. The zero-order chi connectivity index (χ0) is 15.8. The summed E-state index contributed by atoms with van der Waals surface area (Å²) in [5, 5.41) is 23.4. The standard InChI is InChI=1S/C20H15BO2/c22-21(23)17-11-9-14(10-12-17)20-18-7-3-1-5-15(18)13-16-6-2-4-8-19(16)20/h1-13,22-23H. The van der Waals surface area contributed by atoms with Crippen molar-refractivity contribution in [1.82, 2.24) is 0 Å². The van der Waals surface area contributed by atoms with Crippen molar-refractivity contribution in [3.05, 3.63) is 78.9 Å². The Morgan fingerprint density at radius 2 is 1.13 bits per heavy atom. The Hall–Kier alpha value is -2.62. The molecule has 0 saturated carbocycles. The second-order valence-electron chi connectivity index (χ2n) is 5.69. The van der Waals surface area contributed by atoms with E-state index in [1.54, 1.807) is 12.1 Å². The fourth-order valence-corrected chi connectivity index (χ4v) is 3.15. The van der Waals surface area contributed by atoms with Gasteiger partial charge in [0, 0.05) is 0 Å². The van der Waals surface area contributed by atoms with Crippen molar-refractivity contribution >= 4 is 34.1 Å². The van der Waals surface area contributed by atoms with E-state index in [-0.39, 0.29) is 0 Å². The first-order valence-corrected chi connectivity index (χ1v) is 7.61. The SMILES string of the molecule is OB(O)c1ccc(-c2c3ccccc3cc3ccccc23)cc1. The largest absolute Gasteiger partial charge is 0.488 e. The molecule has 23 heavy (non-hydrogen) atoms. The van der Waals surface area contributed by atoms with Gasteiger partial charge < -0.3 is 10.0 Å². The number of rotatable bonds is 2. The highest BCUT2D eigenvalue weighted by Crippen LogP contribution is 2.35. The van der Waals surface area contributed by atoms with Gasteiger partial charge in [-0.3, -0.25) is 0 Å². The lowest BCUT2D eigenvalue weighted by atomic mass is 9.79. The molecule has 0 radical (unpaired) electrons. The molecule has 0 fully saturated rings. The summed E-state index contributed by atoms with van der Waals surface area (Å²) in [6.07, 6.45) is 0. The molecule has 110 valence electrons. The topological polar surface area (TPSA) is 40.5 Å². The minimum Gasteiger partial charge on any atom is -0.423 e. The molecule has 4 rings (SSSR count). The Morgan fingerprint density at radius 1 is 0.609 bits per heavy atom. The monoisotopic (exact) mass is 298 g/mol. The molecule has 0 spiro atoms. The van der Waals surface area contributed by atoms with Gasteiger partial charge in [0.05, 0.1) is 0 Å². The van der Waals surface area contributed by atoms with E-state index in [9.17, 15) is 10.0 Å². The second-order valence-corrected chi connectivity index (χ2v) is 5.69. The normalized spacial score (nSPS) is 11.0. The van der Waals surface area contributed by atoms with Crippen LogP contribution in [0.2, 0.25) is 0 Å². The van der Waals surface area contributed by atoms with E-state index in [1.807, 2.05) is 36.4 Å². The van der Waals surface area contributed by atoms with Crippen molar-refractivity contribution < 1.29 is 10.0 Å². The Kier molecular flexibility index (Phi) is 3.38. The van der Waals surface area contributed by atoms with Crippen LogP contribution in [0.15, 0.2) is 78.9 Å². The maximum absolute atomic E-state index is 9.28. The zero-order valence-corrected chi connectivity index (χ0v) is 12.5. The van der Waals surface area contributed by atoms with Crippen LogP contribution in [0.4, 0.5) is 0 Å². The zero-order valence-electron chi connectivity index (χ0n) is 12.5. The van der Waals surface area contributed by atoms with Crippen molar-refractivity contribution in [2.24, 2.45) is 0 Å². The van der Waals surface area contributed by atoms with Crippen LogP contribution in [0, 0.1) is 0 Å². The van der Waals surface area contributed by atoms with Gasteiger partial charge in [-0.1, -0.05) is 72.8 Å². The molecule has 4 aromatic carbocycles. The first-order chi connectivity index (χ1) is 11.2. The van der Waals surface area contributed by atoms with Crippen LogP contribution >= 0.6 is 0 Å². The van der Waals surface area contributed by atoms with Crippen LogP contribution in [-0.2, 0) is 0 Å². The summed E-state index contributed by atoms with van der Waals surface area (Å²) >= 11 is 0. The first kappa shape index (κ1) is 14.0. The molecule has 3 heteroatoms. The highest BCUT2D eigenvalue weighted by Gasteiger charge is 2.13. The Balaban J connectivity index is 2.06. The van der Waals surface area contributed by atoms with Gasteiger partial charge in [0.25, 0.3) is 0 Å². The molecule has 0 bridgehead atoms. The Bertz CT molecular complexity index is 937. The van der Waals surface area contributed by atoms with Gasteiger partial charge >= 0.3 is 7.12 Å². The minimum atomic E-state index is -1.44. The fraction of sp³-hybridized carbons (Fsp3) is 0. The highest BCUT2D eigenvalue weighted by molar-refractivity contribution is 6.58. The smallest absolute Gasteiger partial charge is 0.423 e. The first-order valence-electron chi connectivity index (χ1n) is 7.61. The van der Waals surface area contributed by atoms with Gasteiger partial charge in [-0.05, 0) is 44.2 Å². The number of hydrogen-bond acceptors (Lipinski definition) is 2. The summed E-state index contributed by atoms with van der Waals surface area (Å²) in [5.41, 5.74) is 2.75. The third kappa shape index (κ3) is 2.40. The summed E-state index contributed by atoms with van der Waals surface area (Å²) in [4.78, 5) is 0. The molecular weight excluding hydrogens is 283 g/mol. The van der Waals surface area contributed by atoms with Gasteiger partial charge in [-0.15, -0.1) is 0 Å². The van der Waals surface area contributed by atoms with Crippen LogP contribution in [0.1, 0.15) is 0 Å². The molecular formula is C20H15BO2. The van der Waals surface area contributed by atoms with E-state index in [0.717, 1.165) is 5.56 Å². The average Bonchev–Trinajstić information content (AvgIpc) is 2.59. The number of benzene rings is 4. The summed E-state index contributed by atoms with van der Waals surface area (Å²) in [7, 11) is -1.44. The van der Waals surface area contributed by atoms with Crippen LogP contribution < -0.4 is 5.46 Å². The molecule has 2 nitrogen and oxygen atoms in total. The lowest BCUT2D eigenvalue weighted by Gasteiger charge is -2.12.